The molecule has 2 fully saturated rings. The summed E-state index contributed by atoms with van der Waals surface area (Å²) in [4.78, 5) is 37.0. The van der Waals surface area contributed by atoms with E-state index < -0.39 is 30.1 Å². The van der Waals surface area contributed by atoms with Gasteiger partial charge in [-0.3, -0.25) is 10.1 Å². The van der Waals surface area contributed by atoms with Gasteiger partial charge >= 0.3 is 6.09 Å². The Labute approximate surface area is 433 Å². The zero-order chi connectivity index (χ0) is 51.8. The number of nitrogens with one attached hydrogen (secondary N) is 1. The number of amides is 2. The highest BCUT2D eigenvalue weighted by atomic mass is 16.8. The van der Waals surface area contributed by atoms with E-state index in [2.05, 4.69) is 24.9 Å². The molecular formula is C57H85N3O13. The Morgan fingerprint density at radius 1 is 0.877 bits per heavy atom. The molecule has 4 aliphatic rings. The van der Waals surface area contributed by atoms with Crippen LogP contribution in [0.25, 0.3) is 0 Å². The van der Waals surface area contributed by atoms with Gasteiger partial charge in [0.2, 0.25) is 18.0 Å². The van der Waals surface area contributed by atoms with Gasteiger partial charge in [-0.15, -0.1) is 6.58 Å². The van der Waals surface area contributed by atoms with Crippen molar-refractivity contribution >= 4 is 23.4 Å². The molecule has 0 radical (unpaired) electrons. The fourth-order valence-corrected chi connectivity index (χ4v) is 11.3. The van der Waals surface area contributed by atoms with Crippen molar-refractivity contribution in [3.63, 3.8) is 0 Å². The van der Waals surface area contributed by atoms with Crippen LogP contribution in [0, 0.1) is 17.8 Å². The number of oxime groups is 1. The molecule has 73 heavy (non-hydrogen) atoms. The number of fused-ring (bicyclic) bond motifs is 2. The number of rotatable bonds is 33. The van der Waals surface area contributed by atoms with Crippen molar-refractivity contribution in [2.24, 2.45) is 22.9 Å². The molecule has 7 atom stereocenters. The average Bonchev–Trinajstić information content (AvgIpc) is 3.40. The maximum Gasteiger partial charge on any atom is 0.417 e. The number of methoxy groups -OCH3 is 2. The molecule has 16 nitrogen and oxygen atoms in total. The predicted octanol–water partition coefficient (Wildman–Crippen LogP) is 10.2. The summed E-state index contributed by atoms with van der Waals surface area (Å²) in [6, 6.07) is 9.71. The molecule has 16 heteroatoms. The number of allylic oxidation sites excluding steroid dienone is 1. The Hall–Kier alpha value is -4.71. The molecule has 2 aliphatic heterocycles. The molecule has 2 aliphatic carbocycles. The van der Waals surface area contributed by atoms with Gasteiger partial charge in [-0.25, -0.2) is 4.79 Å². The van der Waals surface area contributed by atoms with E-state index >= 15 is 4.79 Å². The first-order valence-corrected chi connectivity index (χ1v) is 27.3. The lowest BCUT2D eigenvalue weighted by Gasteiger charge is -2.60. The van der Waals surface area contributed by atoms with Crippen molar-refractivity contribution in [1.82, 2.24) is 4.90 Å². The fourth-order valence-electron chi connectivity index (χ4n) is 11.3. The number of carbonyl (C=O) groups excluding carboxylic acids is 2. The molecule has 4 N–H and O–H groups in total. The molecule has 0 bridgehead atoms. The van der Waals surface area contributed by atoms with Crippen LogP contribution < -0.4 is 24.3 Å². The fraction of sp³-hybridized carbons (Fsp3) is 0.667. The molecule has 2 heterocycles. The lowest BCUT2D eigenvalue weighted by atomic mass is 9.55. The van der Waals surface area contributed by atoms with Gasteiger partial charge in [0.15, 0.2) is 0 Å². The number of benzene rings is 2. The van der Waals surface area contributed by atoms with E-state index in [0.29, 0.717) is 60.9 Å². The first-order chi connectivity index (χ1) is 35.7. The highest BCUT2D eigenvalue weighted by molar-refractivity contribution is 6.03. The summed E-state index contributed by atoms with van der Waals surface area (Å²) in [5.41, 5.74) is 2.75. The molecule has 1 saturated heterocycles. The number of unbranched alkanes of at least 4 members (excludes halogenated alkanes) is 10. The SMILES string of the molecule is C=CCOC12Oc3ccc(OC(=O)Nc4ccc(OC)cc4OC)cc3C3C(CCCCO)C(CCCCO)C=C(C(=NOC4CCCCO4)CC1N(CCOCCO)C(=O)CCCCCCCCCCC)C32. The highest BCUT2D eigenvalue weighted by Gasteiger charge is 2.65. The van der Waals surface area contributed by atoms with Crippen LogP contribution in [0.4, 0.5) is 10.5 Å². The molecule has 0 spiro atoms. The third kappa shape index (κ3) is 15.7. The minimum atomic E-state index is -1.49. The maximum absolute atomic E-state index is 15.1. The second kappa shape index (κ2) is 30.6. The Kier molecular flexibility index (Phi) is 24.1. The number of anilines is 1. The standard InChI is InChI=1S/C57H85N3O13/c1-5-7-8-9-10-11-12-13-14-23-52(64)60(29-35-68-36-32-63)51-40-48(59-73-53-24-17-20-34-69-53)45-37-41(21-15-18-30-61)44(22-16-19-31-62)54-46-38-43(26-28-49(46)72-57(51,55(45)54)70-33-6-2)71-56(65)58-47-27-25-42(66-3)39-50(47)67-4/h6,25-28,37-39,41,44,51,53-55,61-63H,2,5,7-24,29-36,40H2,1,3-4H3,(H,58,65). The number of ether oxygens (including phenoxy) is 7. The van der Waals surface area contributed by atoms with Crippen LogP contribution in [-0.4, -0.2) is 123 Å². The van der Waals surface area contributed by atoms with E-state index in [1.165, 1.54) is 39.2 Å². The molecule has 6 rings (SSSR count). The predicted molar refractivity (Wildman–Crippen MR) is 280 cm³/mol. The van der Waals surface area contributed by atoms with Crippen LogP contribution in [-0.2, 0) is 23.8 Å². The van der Waals surface area contributed by atoms with Gasteiger partial charge in [-0.1, -0.05) is 88.4 Å². The summed E-state index contributed by atoms with van der Waals surface area (Å²) >= 11 is 0. The highest BCUT2D eigenvalue weighted by Crippen LogP contribution is 2.62. The van der Waals surface area contributed by atoms with E-state index in [9.17, 15) is 20.1 Å². The lowest BCUT2D eigenvalue weighted by Crippen LogP contribution is -2.70. The van der Waals surface area contributed by atoms with Crippen molar-refractivity contribution in [2.45, 2.75) is 159 Å². The van der Waals surface area contributed by atoms with Gasteiger partial charge in [0, 0.05) is 56.6 Å². The maximum atomic E-state index is 15.1. The third-order valence-electron chi connectivity index (χ3n) is 14.8. The second-order valence-corrected chi connectivity index (χ2v) is 19.8. The summed E-state index contributed by atoms with van der Waals surface area (Å²) < 4.78 is 43.5. The van der Waals surface area contributed by atoms with Crippen molar-refractivity contribution in [1.29, 1.82) is 0 Å². The number of hydrogen-bond acceptors (Lipinski definition) is 14. The summed E-state index contributed by atoms with van der Waals surface area (Å²) in [7, 11) is 3.06. The van der Waals surface area contributed by atoms with Gasteiger partial charge < -0.3 is 58.2 Å². The van der Waals surface area contributed by atoms with E-state index in [4.69, 9.17) is 43.2 Å². The summed E-state index contributed by atoms with van der Waals surface area (Å²) in [5.74, 6) is -0.758. The van der Waals surface area contributed by atoms with Crippen molar-refractivity contribution in [3.8, 4) is 23.0 Å². The number of aliphatic hydroxyl groups is 3. The molecule has 7 unspecified atom stereocenters. The molecule has 0 aromatic heterocycles. The van der Waals surface area contributed by atoms with Crippen LogP contribution >= 0.6 is 0 Å². The molecule has 2 amide bonds. The minimum absolute atomic E-state index is 0.0103. The Balaban J connectivity index is 1.47. The molecule has 2 aromatic carbocycles. The van der Waals surface area contributed by atoms with Crippen LogP contribution in [0.15, 0.2) is 65.9 Å². The minimum Gasteiger partial charge on any atom is -0.497 e. The van der Waals surface area contributed by atoms with Crippen LogP contribution in [0.2, 0.25) is 0 Å². The van der Waals surface area contributed by atoms with Crippen LogP contribution in [0.3, 0.4) is 0 Å². The van der Waals surface area contributed by atoms with Gasteiger partial charge in [0.1, 0.15) is 29.0 Å². The Morgan fingerprint density at radius 3 is 2.33 bits per heavy atom. The van der Waals surface area contributed by atoms with Crippen LogP contribution in [0.1, 0.15) is 147 Å². The van der Waals surface area contributed by atoms with E-state index in [1.54, 1.807) is 37.5 Å². The quantitative estimate of drug-likeness (QED) is 0.0300. The smallest absolute Gasteiger partial charge is 0.417 e. The average molecular weight is 1020 g/mol. The van der Waals surface area contributed by atoms with Gasteiger partial charge in [0.05, 0.1) is 64.6 Å². The number of hydrogen-bond donors (Lipinski definition) is 4. The number of aliphatic hydroxyl groups excluding tert-OH is 3. The van der Waals surface area contributed by atoms with Crippen molar-refractivity contribution in [3.05, 3.63) is 66.3 Å². The second-order valence-electron chi connectivity index (χ2n) is 19.8. The molecular weight excluding hydrogens is 935 g/mol. The normalized spacial score (nSPS) is 23.6. The van der Waals surface area contributed by atoms with Gasteiger partial charge in [0.25, 0.3) is 0 Å². The van der Waals surface area contributed by atoms with E-state index in [-0.39, 0.29) is 82.0 Å². The molecule has 406 valence electrons. The number of carbonyl (C=O) groups is 2. The summed E-state index contributed by atoms with van der Waals surface area (Å²) in [6.07, 6.45) is 20.2. The Morgan fingerprint density at radius 2 is 1.63 bits per heavy atom. The largest absolute Gasteiger partial charge is 0.497 e. The van der Waals surface area contributed by atoms with E-state index in [1.807, 2.05) is 17.0 Å². The van der Waals surface area contributed by atoms with Gasteiger partial charge in [-0.2, -0.15) is 0 Å². The lowest BCUT2D eigenvalue weighted by molar-refractivity contribution is -0.258. The first kappa shape index (κ1) is 57.6. The zero-order valence-corrected chi connectivity index (χ0v) is 43.9. The summed E-state index contributed by atoms with van der Waals surface area (Å²) in [5, 5.41) is 37.6. The first-order valence-electron chi connectivity index (χ1n) is 27.3. The molecule has 1 saturated carbocycles. The molecule has 2 aromatic rings. The monoisotopic (exact) mass is 1020 g/mol. The van der Waals surface area contributed by atoms with Crippen molar-refractivity contribution < 1.29 is 62.9 Å². The topological polar surface area (TPSA) is 196 Å². The Bertz CT molecular complexity index is 2080. The van der Waals surface area contributed by atoms with Crippen molar-refractivity contribution in [2.75, 3.05) is 72.3 Å². The zero-order valence-electron chi connectivity index (χ0n) is 43.9. The third-order valence-corrected chi connectivity index (χ3v) is 14.8. The summed E-state index contributed by atoms with van der Waals surface area (Å²) in [6.45, 7) is 7.43. The number of nitrogens with zero attached hydrogens (tertiary/aromatic N) is 2. The van der Waals surface area contributed by atoms with E-state index in [0.717, 1.165) is 75.3 Å². The van der Waals surface area contributed by atoms with Crippen LogP contribution in [0.5, 0.6) is 23.0 Å². The van der Waals surface area contributed by atoms with Gasteiger partial charge in [-0.05, 0) is 92.7 Å².